The Morgan fingerprint density at radius 1 is 1.39 bits per heavy atom. The third-order valence-corrected chi connectivity index (χ3v) is 4.97. The van der Waals surface area contributed by atoms with Gasteiger partial charge in [-0.05, 0) is 25.2 Å². The van der Waals surface area contributed by atoms with Crippen LogP contribution in [0.5, 0.6) is 0 Å². The molecule has 18 heavy (non-hydrogen) atoms. The van der Waals surface area contributed by atoms with E-state index >= 15 is 0 Å². The Bertz CT molecular complexity index is 278. The Labute approximate surface area is 111 Å². The molecule has 2 N–H and O–H groups in total. The molecule has 0 spiro atoms. The van der Waals surface area contributed by atoms with Crippen LogP contribution in [0.25, 0.3) is 0 Å². The van der Waals surface area contributed by atoms with Crippen molar-refractivity contribution in [3.8, 4) is 0 Å². The van der Waals surface area contributed by atoms with Crippen molar-refractivity contribution in [3.63, 3.8) is 0 Å². The minimum atomic E-state index is 0.230. The second-order valence-corrected chi connectivity index (χ2v) is 6.93. The molecule has 4 unspecified atom stereocenters. The zero-order valence-corrected chi connectivity index (χ0v) is 12.3. The van der Waals surface area contributed by atoms with Crippen LogP contribution in [0.15, 0.2) is 0 Å². The molecule has 1 heterocycles. The van der Waals surface area contributed by atoms with Gasteiger partial charge in [-0.3, -0.25) is 0 Å². The van der Waals surface area contributed by atoms with E-state index in [2.05, 4.69) is 33.0 Å². The van der Waals surface area contributed by atoms with Gasteiger partial charge in [0.05, 0.1) is 6.10 Å². The summed E-state index contributed by atoms with van der Waals surface area (Å²) in [6.45, 7) is 10.3. The maximum atomic E-state index is 9.19. The Balaban J connectivity index is 1.99. The molecule has 2 fully saturated rings. The number of rotatable bonds is 5. The summed E-state index contributed by atoms with van der Waals surface area (Å²) in [7, 11) is 0. The van der Waals surface area contributed by atoms with E-state index in [0.29, 0.717) is 30.0 Å². The van der Waals surface area contributed by atoms with Crippen LogP contribution in [0.3, 0.4) is 0 Å². The van der Waals surface area contributed by atoms with E-state index in [1.165, 1.54) is 12.8 Å². The maximum absolute atomic E-state index is 9.19. The fourth-order valence-electron chi connectivity index (χ4n) is 3.84. The summed E-state index contributed by atoms with van der Waals surface area (Å²) < 4.78 is 5.94. The summed E-state index contributed by atoms with van der Waals surface area (Å²) in [5.74, 6) is 1.24. The Kier molecular flexibility index (Phi) is 4.35. The van der Waals surface area contributed by atoms with Crippen LogP contribution in [-0.2, 0) is 4.74 Å². The zero-order valence-electron chi connectivity index (χ0n) is 12.3. The fraction of sp³-hybridized carbons (Fsp3) is 1.00. The first-order valence-electron chi connectivity index (χ1n) is 7.47. The van der Waals surface area contributed by atoms with Gasteiger partial charge in [-0.15, -0.1) is 0 Å². The second-order valence-electron chi connectivity index (χ2n) is 6.93. The normalized spacial score (nSPS) is 36.0. The van der Waals surface area contributed by atoms with Crippen molar-refractivity contribution in [1.29, 1.82) is 0 Å². The molecule has 0 aromatic carbocycles. The highest BCUT2D eigenvalue weighted by Crippen LogP contribution is 2.51. The predicted molar refractivity (Wildman–Crippen MR) is 73.5 cm³/mol. The molecular formula is C15H29NO2. The van der Waals surface area contributed by atoms with Crippen molar-refractivity contribution in [3.05, 3.63) is 0 Å². The van der Waals surface area contributed by atoms with E-state index in [9.17, 15) is 5.11 Å². The molecule has 2 aliphatic rings. The monoisotopic (exact) mass is 255 g/mol. The smallest absolute Gasteiger partial charge is 0.0684 e. The number of ether oxygens (including phenoxy) is 1. The molecule has 0 radical (unpaired) electrons. The van der Waals surface area contributed by atoms with E-state index in [4.69, 9.17) is 4.74 Å². The number of aliphatic hydroxyl groups is 1. The fourth-order valence-corrected chi connectivity index (χ4v) is 3.84. The molecule has 3 nitrogen and oxygen atoms in total. The van der Waals surface area contributed by atoms with Crippen LogP contribution in [0.1, 0.15) is 47.0 Å². The van der Waals surface area contributed by atoms with Crippen LogP contribution in [-0.4, -0.2) is 36.5 Å². The SMILES string of the molecule is CC(C)C(CCO)NC1C2CCCOC2C1(C)C. The summed E-state index contributed by atoms with van der Waals surface area (Å²) in [5, 5.41) is 13.0. The van der Waals surface area contributed by atoms with Gasteiger partial charge in [0.25, 0.3) is 0 Å². The molecule has 106 valence electrons. The van der Waals surface area contributed by atoms with Crippen LogP contribution in [0.2, 0.25) is 0 Å². The highest BCUT2D eigenvalue weighted by molar-refractivity contribution is 5.10. The number of hydrogen-bond acceptors (Lipinski definition) is 3. The average Bonchev–Trinajstić information content (AvgIpc) is 2.34. The molecule has 1 saturated heterocycles. The van der Waals surface area contributed by atoms with Gasteiger partial charge in [0.1, 0.15) is 0 Å². The first-order chi connectivity index (χ1) is 8.48. The number of aliphatic hydroxyl groups excluding tert-OH is 1. The van der Waals surface area contributed by atoms with E-state index in [1.807, 2.05) is 0 Å². The molecule has 1 aliphatic carbocycles. The first-order valence-corrected chi connectivity index (χ1v) is 7.47. The van der Waals surface area contributed by atoms with Crippen molar-refractivity contribution < 1.29 is 9.84 Å². The number of fused-ring (bicyclic) bond motifs is 1. The number of nitrogens with one attached hydrogen (secondary N) is 1. The summed E-state index contributed by atoms with van der Waals surface area (Å²) in [4.78, 5) is 0. The molecule has 0 amide bonds. The second kappa shape index (κ2) is 5.48. The molecule has 0 bridgehead atoms. The third kappa shape index (κ3) is 2.45. The largest absolute Gasteiger partial charge is 0.396 e. The van der Waals surface area contributed by atoms with E-state index in [-0.39, 0.29) is 12.0 Å². The van der Waals surface area contributed by atoms with Gasteiger partial charge in [-0.1, -0.05) is 27.7 Å². The van der Waals surface area contributed by atoms with Gasteiger partial charge >= 0.3 is 0 Å². The summed E-state index contributed by atoms with van der Waals surface area (Å²) >= 11 is 0. The molecule has 3 heteroatoms. The van der Waals surface area contributed by atoms with Crippen LogP contribution >= 0.6 is 0 Å². The van der Waals surface area contributed by atoms with Crippen LogP contribution < -0.4 is 5.32 Å². The van der Waals surface area contributed by atoms with Gasteiger partial charge in [0.2, 0.25) is 0 Å². The molecule has 0 aromatic heterocycles. The minimum Gasteiger partial charge on any atom is -0.396 e. The average molecular weight is 255 g/mol. The Hall–Kier alpha value is -0.120. The lowest BCUT2D eigenvalue weighted by molar-refractivity contribution is -0.195. The summed E-state index contributed by atoms with van der Waals surface area (Å²) in [6, 6.07) is 0.962. The lowest BCUT2D eigenvalue weighted by atomic mass is 9.55. The van der Waals surface area contributed by atoms with Crippen molar-refractivity contribution in [2.24, 2.45) is 17.3 Å². The van der Waals surface area contributed by atoms with Gasteiger partial charge < -0.3 is 15.2 Å². The third-order valence-electron chi connectivity index (χ3n) is 4.97. The van der Waals surface area contributed by atoms with Gasteiger partial charge in [-0.2, -0.15) is 0 Å². The lowest BCUT2D eigenvalue weighted by Crippen LogP contribution is -2.70. The van der Waals surface area contributed by atoms with Crippen LogP contribution in [0, 0.1) is 17.3 Å². The first kappa shape index (κ1) is 14.3. The lowest BCUT2D eigenvalue weighted by Gasteiger charge is -2.61. The predicted octanol–water partition coefficient (Wildman–Crippen LogP) is 2.19. The molecule has 1 saturated carbocycles. The molecule has 1 aliphatic heterocycles. The minimum absolute atomic E-state index is 0.230. The Morgan fingerprint density at radius 2 is 2.11 bits per heavy atom. The molecule has 4 atom stereocenters. The standard InChI is InChI=1S/C15H29NO2/c1-10(2)12(7-8-17)16-13-11-6-5-9-18-14(11)15(13,3)4/h10-14,16-17H,5-9H2,1-4H3. The maximum Gasteiger partial charge on any atom is 0.0684 e. The van der Waals surface area contributed by atoms with Crippen molar-refractivity contribution in [2.45, 2.75) is 65.1 Å². The highest BCUT2D eigenvalue weighted by Gasteiger charge is 2.58. The van der Waals surface area contributed by atoms with E-state index in [0.717, 1.165) is 13.0 Å². The van der Waals surface area contributed by atoms with Gasteiger partial charge in [0.15, 0.2) is 0 Å². The van der Waals surface area contributed by atoms with Crippen molar-refractivity contribution in [2.75, 3.05) is 13.2 Å². The van der Waals surface area contributed by atoms with E-state index in [1.54, 1.807) is 0 Å². The number of hydrogen-bond donors (Lipinski definition) is 2. The quantitative estimate of drug-likeness (QED) is 0.791. The van der Waals surface area contributed by atoms with Crippen molar-refractivity contribution in [1.82, 2.24) is 5.32 Å². The molecule has 2 rings (SSSR count). The van der Waals surface area contributed by atoms with Crippen molar-refractivity contribution >= 4 is 0 Å². The molecular weight excluding hydrogens is 226 g/mol. The molecule has 0 aromatic rings. The topological polar surface area (TPSA) is 41.5 Å². The van der Waals surface area contributed by atoms with Crippen LogP contribution in [0.4, 0.5) is 0 Å². The highest BCUT2D eigenvalue weighted by atomic mass is 16.5. The zero-order chi connectivity index (χ0) is 13.3. The Morgan fingerprint density at radius 3 is 2.72 bits per heavy atom. The van der Waals surface area contributed by atoms with E-state index < -0.39 is 0 Å². The summed E-state index contributed by atoms with van der Waals surface area (Å²) in [5.41, 5.74) is 0.230. The van der Waals surface area contributed by atoms with Gasteiger partial charge in [0, 0.05) is 36.6 Å². The summed E-state index contributed by atoms with van der Waals surface area (Å²) in [6.07, 6.45) is 3.77. The van der Waals surface area contributed by atoms with Gasteiger partial charge in [-0.25, -0.2) is 0 Å².